The molecule has 3 rings (SSSR count). The standard InChI is InChI=1S/C25H46/c1-18-8-7-11-24(17-18)25-13-12-23(21(25)4)10-6-5-9-22-15-19(2)14-20(3)16-22/h18-25H,5-17H2,1-4H3. The average molecular weight is 347 g/mol. The zero-order valence-electron chi connectivity index (χ0n) is 17.8. The summed E-state index contributed by atoms with van der Waals surface area (Å²) in [5.41, 5.74) is 0. The van der Waals surface area contributed by atoms with Gasteiger partial charge in [0, 0.05) is 0 Å². The molecule has 0 aromatic heterocycles. The second-order valence-electron chi connectivity index (χ2n) is 11.0. The van der Waals surface area contributed by atoms with E-state index in [9.17, 15) is 0 Å². The maximum Gasteiger partial charge on any atom is -0.0357 e. The van der Waals surface area contributed by atoms with Crippen molar-refractivity contribution in [2.75, 3.05) is 0 Å². The zero-order chi connectivity index (χ0) is 17.8. The lowest BCUT2D eigenvalue weighted by Crippen LogP contribution is -2.25. The summed E-state index contributed by atoms with van der Waals surface area (Å²) in [4.78, 5) is 0. The van der Waals surface area contributed by atoms with E-state index in [0.717, 1.165) is 47.3 Å². The van der Waals surface area contributed by atoms with Gasteiger partial charge in [0.1, 0.15) is 0 Å². The highest BCUT2D eigenvalue weighted by Gasteiger charge is 2.38. The Morgan fingerprint density at radius 1 is 0.640 bits per heavy atom. The molecule has 0 aromatic carbocycles. The van der Waals surface area contributed by atoms with Crippen molar-refractivity contribution in [2.45, 2.75) is 111 Å². The van der Waals surface area contributed by atoms with E-state index in [1.807, 2.05) is 0 Å². The van der Waals surface area contributed by atoms with E-state index in [4.69, 9.17) is 0 Å². The maximum atomic E-state index is 2.62. The predicted octanol–water partition coefficient (Wildman–Crippen LogP) is 8.11. The van der Waals surface area contributed by atoms with Crippen LogP contribution in [-0.2, 0) is 0 Å². The normalized spacial score (nSPS) is 45.6. The highest BCUT2D eigenvalue weighted by Crippen LogP contribution is 2.48. The van der Waals surface area contributed by atoms with E-state index in [0.29, 0.717) is 0 Å². The molecule has 3 fully saturated rings. The predicted molar refractivity (Wildman–Crippen MR) is 111 cm³/mol. The average Bonchev–Trinajstić information content (AvgIpc) is 2.92. The molecule has 0 N–H and O–H groups in total. The first kappa shape index (κ1) is 19.8. The molecule has 0 aromatic rings. The van der Waals surface area contributed by atoms with Crippen LogP contribution in [0.3, 0.4) is 0 Å². The number of unbranched alkanes of at least 4 members (excludes halogenated alkanes) is 1. The van der Waals surface area contributed by atoms with Crippen LogP contribution in [0.25, 0.3) is 0 Å². The quantitative estimate of drug-likeness (QED) is 0.426. The van der Waals surface area contributed by atoms with E-state index in [1.54, 1.807) is 25.7 Å². The van der Waals surface area contributed by atoms with Crippen molar-refractivity contribution in [2.24, 2.45) is 47.3 Å². The maximum absolute atomic E-state index is 2.62. The topological polar surface area (TPSA) is 0 Å². The van der Waals surface area contributed by atoms with E-state index in [1.165, 1.54) is 57.8 Å². The zero-order valence-corrected chi connectivity index (χ0v) is 17.8. The van der Waals surface area contributed by atoms with Gasteiger partial charge in [-0.1, -0.05) is 72.6 Å². The lowest BCUT2D eigenvalue weighted by Gasteiger charge is -2.34. The Kier molecular flexibility index (Phi) is 7.33. The highest BCUT2D eigenvalue weighted by atomic mass is 14.4. The monoisotopic (exact) mass is 346 g/mol. The lowest BCUT2D eigenvalue weighted by atomic mass is 9.71. The van der Waals surface area contributed by atoms with Crippen LogP contribution >= 0.6 is 0 Å². The Bertz CT molecular complexity index is 375. The number of hydrogen-bond acceptors (Lipinski definition) is 0. The van der Waals surface area contributed by atoms with Crippen molar-refractivity contribution in [1.82, 2.24) is 0 Å². The lowest BCUT2D eigenvalue weighted by molar-refractivity contribution is 0.161. The van der Waals surface area contributed by atoms with Gasteiger partial charge in [0.25, 0.3) is 0 Å². The molecule has 0 radical (unpaired) electrons. The molecular weight excluding hydrogens is 300 g/mol. The number of hydrogen-bond donors (Lipinski definition) is 0. The largest absolute Gasteiger partial charge is 0.0625 e. The van der Waals surface area contributed by atoms with Crippen molar-refractivity contribution < 1.29 is 0 Å². The second kappa shape index (κ2) is 9.27. The van der Waals surface area contributed by atoms with E-state index in [-0.39, 0.29) is 0 Å². The van der Waals surface area contributed by atoms with Gasteiger partial charge in [-0.25, -0.2) is 0 Å². The Labute approximate surface area is 158 Å². The number of rotatable bonds is 6. The highest BCUT2D eigenvalue weighted by molar-refractivity contribution is 4.88. The summed E-state index contributed by atoms with van der Waals surface area (Å²) >= 11 is 0. The van der Waals surface area contributed by atoms with Crippen LogP contribution in [0.2, 0.25) is 0 Å². The molecule has 0 spiro atoms. The van der Waals surface area contributed by atoms with Gasteiger partial charge in [-0.2, -0.15) is 0 Å². The van der Waals surface area contributed by atoms with Gasteiger partial charge in [-0.3, -0.25) is 0 Å². The fourth-order valence-electron chi connectivity index (χ4n) is 7.41. The Morgan fingerprint density at radius 2 is 1.36 bits per heavy atom. The van der Waals surface area contributed by atoms with Crippen LogP contribution in [0.1, 0.15) is 111 Å². The van der Waals surface area contributed by atoms with Crippen LogP contribution in [0.4, 0.5) is 0 Å². The molecule has 0 amide bonds. The SMILES string of the molecule is CC1CC(C)CC(CCCCC2CCC(C3CCCC(C)C3)C2C)C1. The Balaban J connectivity index is 1.35. The molecular formula is C25H46. The first-order valence-corrected chi connectivity index (χ1v) is 12.0. The minimum atomic E-state index is 0.988. The van der Waals surface area contributed by atoms with Crippen LogP contribution < -0.4 is 0 Å². The molecule has 0 aliphatic heterocycles. The van der Waals surface area contributed by atoms with Gasteiger partial charge in [0.15, 0.2) is 0 Å². The van der Waals surface area contributed by atoms with Crippen LogP contribution in [-0.4, -0.2) is 0 Å². The molecule has 0 heteroatoms. The molecule has 3 saturated carbocycles. The molecule has 7 unspecified atom stereocenters. The van der Waals surface area contributed by atoms with Gasteiger partial charge in [-0.05, 0) is 85.9 Å². The van der Waals surface area contributed by atoms with E-state index < -0.39 is 0 Å². The molecule has 146 valence electrons. The van der Waals surface area contributed by atoms with Crippen molar-refractivity contribution >= 4 is 0 Å². The van der Waals surface area contributed by atoms with E-state index >= 15 is 0 Å². The Morgan fingerprint density at radius 3 is 2.08 bits per heavy atom. The first-order valence-electron chi connectivity index (χ1n) is 12.0. The van der Waals surface area contributed by atoms with Gasteiger partial charge in [0.05, 0.1) is 0 Å². The van der Waals surface area contributed by atoms with Gasteiger partial charge in [-0.15, -0.1) is 0 Å². The van der Waals surface area contributed by atoms with Gasteiger partial charge < -0.3 is 0 Å². The molecule has 0 bridgehead atoms. The molecule has 0 heterocycles. The van der Waals surface area contributed by atoms with Crippen molar-refractivity contribution in [3.63, 3.8) is 0 Å². The smallest absolute Gasteiger partial charge is 0.0357 e. The van der Waals surface area contributed by atoms with Gasteiger partial charge >= 0.3 is 0 Å². The third-order valence-electron chi connectivity index (χ3n) is 8.59. The second-order valence-corrected chi connectivity index (χ2v) is 11.0. The van der Waals surface area contributed by atoms with Crippen LogP contribution in [0.15, 0.2) is 0 Å². The summed E-state index contributed by atoms with van der Waals surface area (Å²) in [6.45, 7) is 10.1. The summed E-state index contributed by atoms with van der Waals surface area (Å²) in [7, 11) is 0. The molecule has 7 atom stereocenters. The first-order chi connectivity index (χ1) is 12.0. The van der Waals surface area contributed by atoms with Crippen molar-refractivity contribution in [3.8, 4) is 0 Å². The van der Waals surface area contributed by atoms with E-state index in [2.05, 4.69) is 27.7 Å². The van der Waals surface area contributed by atoms with Crippen LogP contribution in [0, 0.1) is 47.3 Å². The summed E-state index contributed by atoms with van der Waals surface area (Å²) in [6, 6.07) is 0. The third-order valence-corrected chi connectivity index (χ3v) is 8.59. The summed E-state index contributed by atoms with van der Waals surface area (Å²) in [6.07, 6.45) is 19.8. The van der Waals surface area contributed by atoms with Crippen LogP contribution in [0.5, 0.6) is 0 Å². The summed E-state index contributed by atoms with van der Waals surface area (Å²) in [5.74, 6) is 8.27. The minimum absolute atomic E-state index is 0.988. The minimum Gasteiger partial charge on any atom is -0.0625 e. The molecule has 0 saturated heterocycles. The molecule has 3 aliphatic rings. The summed E-state index contributed by atoms with van der Waals surface area (Å²) in [5, 5.41) is 0. The fraction of sp³-hybridized carbons (Fsp3) is 1.00. The molecule has 0 nitrogen and oxygen atoms in total. The van der Waals surface area contributed by atoms with Crippen molar-refractivity contribution in [3.05, 3.63) is 0 Å². The third kappa shape index (κ3) is 5.49. The summed E-state index contributed by atoms with van der Waals surface area (Å²) < 4.78 is 0. The van der Waals surface area contributed by atoms with Gasteiger partial charge in [0.2, 0.25) is 0 Å². The fourth-order valence-corrected chi connectivity index (χ4v) is 7.41. The van der Waals surface area contributed by atoms with Crippen molar-refractivity contribution in [1.29, 1.82) is 0 Å². The molecule has 25 heavy (non-hydrogen) atoms. The molecule has 3 aliphatic carbocycles. The Hall–Kier alpha value is 0.